The van der Waals surface area contributed by atoms with Crippen molar-refractivity contribution in [1.82, 2.24) is 10.2 Å². The largest absolute Gasteiger partial charge is 0.315 e. The number of benzene rings is 1. The third kappa shape index (κ3) is 2.44. The van der Waals surface area contributed by atoms with Crippen molar-refractivity contribution in [3.05, 3.63) is 32.9 Å². The first kappa shape index (κ1) is 15.0. The minimum Gasteiger partial charge on any atom is -0.315 e. The number of piperazine rings is 1. The molecule has 2 rings (SSSR count). The lowest BCUT2D eigenvalue weighted by atomic mass is 9.97. The lowest BCUT2D eigenvalue weighted by molar-refractivity contribution is -0.143. The van der Waals surface area contributed by atoms with E-state index in [-0.39, 0.29) is 12.5 Å². The van der Waals surface area contributed by atoms with E-state index in [0.29, 0.717) is 5.56 Å². The fraction of sp³-hybridized carbons (Fsp3) is 0.357. The molecule has 5 nitrogen and oxygen atoms in total. The topological polar surface area (TPSA) is 66.5 Å². The molecule has 1 aromatic carbocycles. The van der Waals surface area contributed by atoms with Crippen LogP contribution in [0.1, 0.15) is 29.8 Å². The van der Waals surface area contributed by atoms with Gasteiger partial charge in [-0.25, -0.2) is 0 Å². The Bertz CT molecular complexity index is 610. The average Bonchev–Trinajstić information content (AvgIpc) is 2.37. The molecule has 0 aliphatic carbocycles. The molecule has 6 heteroatoms. The Morgan fingerprint density at radius 3 is 2.65 bits per heavy atom. The number of nitrogens with one attached hydrogen (secondary N) is 1. The predicted molar refractivity (Wildman–Crippen MR) is 82.2 cm³/mol. The van der Waals surface area contributed by atoms with Gasteiger partial charge in [-0.1, -0.05) is 12.1 Å². The maximum Gasteiger partial charge on any atom is 0.256 e. The third-order valence-corrected chi connectivity index (χ3v) is 4.88. The van der Waals surface area contributed by atoms with E-state index in [1.54, 1.807) is 26.0 Å². The Morgan fingerprint density at radius 2 is 2.00 bits per heavy atom. The lowest BCUT2D eigenvalue weighted by Crippen LogP contribution is -2.65. The van der Waals surface area contributed by atoms with Crippen LogP contribution in [0.15, 0.2) is 18.2 Å². The fourth-order valence-electron chi connectivity index (χ4n) is 2.07. The number of imide groups is 1. The van der Waals surface area contributed by atoms with E-state index in [2.05, 4.69) is 27.9 Å². The number of carbonyl (C=O) groups excluding carboxylic acids is 3. The van der Waals surface area contributed by atoms with Gasteiger partial charge in [0, 0.05) is 3.57 Å². The highest BCUT2D eigenvalue weighted by molar-refractivity contribution is 14.1. The molecule has 20 heavy (non-hydrogen) atoms. The van der Waals surface area contributed by atoms with Crippen LogP contribution in [0.4, 0.5) is 0 Å². The highest BCUT2D eigenvalue weighted by atomic mass is 127. The lowest BCUT2D eigenvalue weighted by Gasteiger charge is -2.40. The molecule has 3 amide bonds. The van der Waals surface area contributed by atoms with Gasteiger partial charge in [0.1, 0.15) is 12.1 Å². The van der Waals surface area contributed by atoms with Gasteiger partial charge >= 0.3 is 0 Å². The molecule has 0 unspecified atom stereocenters. The molecule has 1 aliphatic heterocycles. The van der Waals surface area contributed by atoms with Crippen LogP contribution in [-0.4, -0.2) is 34.7 Å². The first-order valence-corrected chi connectivity index (χ1v) is 7.24. The molecule has 1 saturated heterocycles. The summed E-state index contributed by atoms with van der Waals surface area (Å²) in [4.78, 5) is 37.4. The van der Waals surface area contributed by atoms with Crippen molar-refractivity contribution in [1.29, 1.82) is 0 Å². The first-order chi connectivity index (χ1) is 9.25. The van der Waals surface area contributed by atoms with Gasteiger partial charge in [-0.05, 0) is 55.0 Å². The van der Waals surface area contributed by atoms with Crippen molar-refractivity contribution < 1.29 is 14.4 Å². The summed E-state index contributed by atoms with van der Waals surface area (Å²) in [6, 6.07) is 5.42. The van der Waals surface area contributed by atoms with Gasteiger partial charge in [-0.15, -0.1) is 0 Å². The monoisotopic (exact) mass is 386 g/mol. The van der Waals surface area contributed by atoms with E-state index < -0.39 is 17.4 Å². The van der Waals surface area contributed by atoms with Crippen LogP contribution in [0.5, 0.6) is 0 Å². The number of halogens is 1. The van der Waals surface area contributed by atoms with Crippen molar-refractivity contribution in [2.75, 3.05) is 6.54 Å². The fourth-order valence-corrected chi connectivity index (χ4v) is 2.66. The number of nitrogens with zero attached hydrogens (tertiary/aromatic N) is 1. The SMILES string of the molecule is Cc1cccc(C(=O)N2CC(=O)NC(=O)C2(C)C)c1I. The highest BCUT2D eigenvalue weighted by Crippen LogP contribution is 2.24. The molecule has 0 atom stereocenters. The first-order valence-electron chi connectivity index (χ1n) is 6.16. The third-order valence-electron chi connectivity index (χ3n) is 3.45. The molecule has 1 aromatic rings. The van der Waals surface area contributed by atoms with E-state index in [1.807, 2.05) is 13.0 Å². The molecule has 0 bridgehead atoms. The summed E-state index contributed by atoms with van der Waals surface area (Å²) in [6.45, 7) is 5.07. The molecule has 106 valence electrons. The standard InChI is InChI=1S/C14H15IN2O3/c1-8-5-4-6-9(11(8)15)12(19)17-7-10(18)16-13(20)14(17,2)3/h4-6H,7H2,1-3H3,(H,16,18,20). The summed E-state index contributed by atoms with van der Waals surface area (Å²) in [6.07, 6.45) is 0. The zero-order valence-electron chi connectivity index (χ0n) is 11.5. The molecule has 1 aliphatic rings. The van der Waals surface area contributed by atoms with Crippen molar-refractivity contribution in [3.8, 4) is 0 Å². The Balaban J connectivity index is 2.43. The summed E-state index contributed by atoms with van der Waals surface area (Å²) in [5, 5.41) is 2.26. The maximum atomic E-state index is 12.7. The van der Waals surface area contributed by atoms with Gasteiger partial charge in [0.15, 0.2) is 0 Å². The Hall–Kier alpha value is -1.44. The quantitative estimate of drug-likeness (QED) is 0.588. The summed E-state index contributed by atoms with van der Waals surface area (Å²) < 4.78 is 0.837. The van der Waals surface area contributed by atoms with Crippen LogP contribution in [0, 0.1) is 10.5 Å². The smallest absolute Gasteiger partial charge is 0.256 e. The van der Waals surface area contributed by atoms with Crippen molar-refractivity contribution in [3.63, 3.8) is 0 Å². The van der Waals surface area contributed by atoms with Gasteiger partial charge in [0.05, 0.1) is 5.56 Å². The van der Waals surface area contributed by atoms with Crippen LogP contribution in [-0.2, 0) is 9.59 Å². The maximum absolute atomic E-state index is 12.7. The minimum absolute atomic E-state index is 0.110. The Labute approximate surface area is 130 Å². The van der Waals surface area contributed by atoms with Gasteiger partial charge in [0.25, 0.3) is 11.8 Å². The molecule has 0 spiro atoms. The number of hydrogen-bond donors (Lipinski definition) is 1. The van der Waals surface area contributed by atoms with E-state index in [9.17, 15) is 14.4 Å². The molecule has 1 N–H and O–H groups in total. The van der Waals surface area contributed by atoms with Gasteiger partial charge in [-0.3, -0.25) is 19.7 Å². The van der Waals surface area contributed by atoms with Crippen LogP contribution in [0.25, 0.3) is 0 Å². The minimum atomic E-state index is -1.04. The molecular formula is C14H15IN2O3. The van der Waals surface area contributed by atoms with E-state index >= 15 is 0 Å². The van der Waals surface area contributed by atoms with Crippen LogP contribution in [0.2, 0.25) is 0 Å². The summed E-state index contributed by atoms with van der Waals surface area (Å²) >= 11 is 2.11. The summed E-state index contributed by atoms with van der Waals surface area (Å²) in [5.41, 5.74) is 0.459. The Morgan fingerprint density at radius 1 is 1.35 bits per heavy atom. The number of hydrogen-bond acceptors (Lipinski definition) is 3. The van der Waals surface area contributed by atoms with Gasteiger partial charge in [-0.2, -0.15) is 0 Å². The van der Waals surface area contributed by atoms with Gasteiger partial charge in [0.2, 0.25) is 5.91 Å². The van der Waals surface area contributed by atoms with Gasteiger partial charge < -0.3 is 4.90 Å². The number of rotatable bonds is 1. The zero-order valence-corrected chi connectivity index (χ0v) is 13.6. The molecule has 1 fully saturated rings. The highest BCUT2D eigenvalue weighted by Gasteiger charge is 2.44. The van der Waals surface area contributed by atoms with Crippen LogP contribution >= 0.6 is 22.6 Å². The molecule has 1 heterocycles. The van der Waals surface area contributed by atoms with E-state index in [4.69, 9.17) is 0 Å². The van der Waals surface area contributed by atoms with E-state index in [1.165, 1.54) is 4.90 Å². The molecular weight excluding hydrogens is 371 g/mol. The van der Waals surface area contributed by atoms with Crippen LogP contribution in [0.3, 0.4) is 0 Å². The predicted octanol–water partition coefficient (Wildman–Crippen LogP) is 1.48. The molecule has 0 aromatic heterocycles. The number of amides is 3. The number of carbonyl (C=O) groups is 3. The van der Waals surface area contributed by atoms with Crippen molar-refractivity contribution >= 4 is 40.3 Å². The summed E-state index contributed by atoms with van der Waals surface area (Å²) in [5.74, 6) is -1.21. The van der Waals surface area contributed by atoms with Crippen molar-refractivity contribution in [2.24, 2.45) is 0 Å². The summed E-state index contributed by atoms with van der Waals surface area (Å²) in [7, 11) is 0. The van der Waals surface area contributed by atoms with Crippen molar-refractivity contribution in [2.45, 2.75) is 26.3 Å². The zero-order chi connectivity index (χ0) is 15.1. The van der Waals surface area contributed by atoms with E-state index in [0.717, 1.165) is 9.13 Å². The second kappa shape index (κ2) is 5.16. The normalized spacial score (nSPS) is 17.9. The Kier molecular flexibility index (Phi) is 3.86. The van der Waals surface area contributed by atoms with Crippen LogP contribution < -0.4 is 5.32 Å². The second-order valence-electron chi connectivity index (χ2n) is 5.26. The number of aryl methyl sites for hydroxylation is 1. The second-order valence-corrected chi connectivity index (χ2v) is 6.34. The average molecular weight is 386 g/mol. The molecule has 0 radical (unpaired) electrons. The molecule has 0 saturated carbocycles.